The summed E-state index contributed by atoms with van der Waals surface area (Å²) in [4.78, 5) is 19.1. The first-order valence-electron chi connectivity index (χ1n) is 9.78. The number of rotatable bonds is 12. The van der Waals surface area contributed by atoms with E-state index >= 15 is 0 Å². The fourth-order valence-electron chi connectivity index (χ4n) is 3.27. The van der Waals surface area contributed by atoms with Crippen LogP contribution >= 0.6 is 0 Å². The van der Waals surface area contributed by atoms with Crippen LogP contribution in [-0.4, -0.2) is 30.0 Å². The Kier molecular flexibility index (Phi) is 8.37. The Bertz CT molecular complexity index is 737. The average Bonchev–Trinajstić information content (AvgIpc) is 2.99. The van der Waals surface area contributed by atoms with Crippen molar-refractivity contribution in [2.45, 2.75) is 65.2 Å². The Morgan fingerprint density at radius 1 is 1.04 bits per heavy atom. The number of Topliss-reactive ketones (excluding diaryl/α,β-unsaturated/α-hetero) is 1. The third-order valence-corrected chi connectivity index (χ3v) is 4.80. The summed E-state index contributed by atoms with van der Waals surface area (Å²) in [5.41, 5.74) is 3.45. The molecule has 2 rings (SSSR count). The highest BCUT2D eigenvalue weighted by atomic mass is 16.5. The number of hydrogen-bond acceptors (Lipinski definition) is 4. The Labute approximate surface area is 162 Å². The predicted molar refractivity (Wildman–Crippen MR) is 108 cm³/mol. The van der Waals surface area contributed by atoms with Crippen molar-refractivity contribution in [3.05, 3.63) is 41.0 Å². The molecule has 0 spiro atoms. The SMILES string of the molecule is COc1ccc(Cc2nc(CCCCCCCC(C)=O)c(C)[nH]2)cc1OC. The molecule has 1 aromatic heterocycles. The average molecular weight is 373 g/mol. The van der Waals surface area contributed by atoms with Gasteiger partial charge in [0.05, 0.1) is 19.9 Å². The Morgan fingerprint density at radius 3 is 2.44 bits per heavy atom. The minimum absolute atomic E-state index is 0.296. The van der Waals surface area contributed by atoms with Crippen LogP contribution < -0.4 is 9.47 Å². The molecule has 0 saturated carbocycles. The maximum Gasteiger partial charge on any atom is 0.161 e. The van der Waals surface area contributed by atoms with E-state index in [-0.39, 0.29) is 0 Å². The van der Waals surface area contributed by atoms with Gasteiger partial charge >= 0.3 is 0 Å². The van der Waals surface area contributed by atoms with Gasteiger partial charge in [-0.15, -0.1) is 0 Å². The van der Waals surface area contributed by atoms with Crippen LogP contribution in [0.4, 0.5) is 0 Å². The van der Waals surface area contributed by atoms with Crippen molar-refractivity contribution in [1.82, 2.24) is 9.97 Å². The van der Waals surface area contributed by atoms with Gasteiger partial charge < -0.3 is 19.3 Å². The van der Waals surface area contributed by atoms with Crippen LogP contribution in [0.2, 0.25) is 0 Å². The summed E-state index contributed by atoms with van der Waals surface area (Å²) in [6, 6.07) is 5.97. The molecule has 0 radical (unpaired) electrons. The van der Waals surface area contributed by atoms with Crippen molar-refractivity contribution in [2.75, 3.05) is 14.2 Å². The number of methoxy groups -OCH3 is 2. The highest BCUT2D eigenvalue weighted by Crippen LogP contribution is 2.28. The normalized spacial score (nSPS) is 10.8. The van der Waals surface area contributed by atoms with Gasteiger partial charge in [-0.3, -0.25) is 0 Å². The molecule has 1 aromatic carbocycles. The molecule has 5 heteroatoms. The maximum absolute atomic E-state index is 10.9. The maximum atomic E-state index is 10.9. The quantitative estimate of drug-likeness (QED) is 0.544. The van der Waals surface area contributed by atoms with Crippen LogP contribution in [0.5, 0.6) is 11.5 Å². The molecule has 0 aliphatic rings. The van der Waals surface area contributed by atoms with Crippen LogP contribution in [0.25, 0.3) is 0 Å². The number of nitrogens with zero attached hydrogens (tertiary/aromatic N) is 1. The van der Waals surface area contributed by atoms with E-state index in [0.29, 0.717) is 5.78 Å². The number of carbonyl (C=O) groups excluding carboxylic acids is 1. The summed E-state index contributed by atoms with van der Waals surface area (Å²) >= 11 is 0. The van der Waals surface area contributed by atoms with Gasteiger partial charge in [0.25, 0.3) is 0 Å². The first kappa shape index (κ1) is 21.0. The second-order valence-electron chi connectivity index (χ2n) is 7.09. The van der Waals surface area contributed by atoms with Gasteiger partial charge in [-0.1, -0.05) is 25.3 Å². The van der Waals surface area contributed by atoms with Gasteiger partial charge in [0, 0.05) is 18.5 Å². The number of aryl methyl sites for hydroxylation is 2. The minimum Gasteiger partial charge on any atom is -0.493 e. The van der Waals surface area contributed by atoms with Crippen LogP contribution in [0, 0.1) is 6.92 Å². The molecule has 0 aliphatic heterocycles. The van der Waals surface area contributed by atoms with E-state index in [4.69, 9.17) is 14.5 Å². The van der Waals surface area contributed by atoms with Gasteiger partial charge in [-0.2, -0.15) is 0 Å². The summed E-state index contributed by atoms with van der Waals surface area (Å²) in [7, 11) is 3.29. The largest absolute Gasteiger partial charge is 0.493 e. The number of benzene rings is 1. The third-order valence-electron chi connectivity index (χ3n) is 4.80. The van der Waals surface area contributed by atoms with Gasteiger partial charge in [-0.05, 0) is 50.8 Å². The molecule has 0 atom stereocenters. The van der Waals surface area contributed by atoms with Crippen molar-refractivity contribution >= 4 is 5.78 Å². The summed E-state index contributed by atoms with van der Waals surface area (Å²) in [5.74, 6) is 2.75. The predicted octanol–water partition coefficient (Wildman–Crippen LogP) is 4.80. The number of nitrogens with one attached hydrogen (secondary N) is 1. The van der Waals surface area contributed by atoms with Crippen molar-refractivity contribution in [1.29, 1.82) is 0 Å². The number of H-pyrrole nitrogens is 1. The third kappa shape index (κ3) is 6.74. The highest BCUT2D eigenvalue weighted by molar-refractivity contribution is 5.75. The molecular weight excluding hydrogens is 340 g/mol. The number of aromatic nitrogens is 2. The lowest BCUT2D eigenvalue weighted by atomic mass is 10.1. The lowest BCUT2D eigenvalue weighted by Gasteiger charge is -2.08. The topological polar surface area (TPSA) is 64.2 Å². The Morgan fingerprint density at radius 2 is 1.74 bits per heavy atom. The molecule has 27 heavy (non-hydrogen) atoms. The molecule has 2 aromatic rings. The molecule has 0 unspecified atom stereocenters. The molecule has 0 aliphatic carbocycles. The Balaban J connectivity index is 1.82. The second-order valence-corrected chi connectivity index (χ2v) is 7.09. The van der Waals surface area contributed by atoms with Crippen LogP contribution in [0.1, 0.15) is 68.2 Å². The summed E-state index contributed by atoms with van der Waals surface area (Å²) in [6.07, 6.45) is 8.15. The molecule has 5 nitrogen and oxygen atoms in total. The molecule has 1 N–H and O–H groups in total. The van der Waals surface area contributed by atoms with Gasteiger partial charge in [0.2, 0.25) is 0 Å². The van der Waals surface area contributed by atoms with E-state index in [2.05, 4.69) is 11.9 Å². The highest BCUT2D eigenvalue weighted by Gasteiger charge is 2.10. The van der Waals surface area contributed by atoms with Crippen LogP contribution in [-0.2, 0) is 17.6 Å². The molecule has 0 fully saturated rings. The van der Waals surface area contributed by atoms with E-state index in [1.807, 2.05) is 18.2 Å². The van der Waals surface area contributed by atoms with Crippen molar-refractivity contribution in [2.24, 2.45) is 0 Å². The zero-order chi connectivity index (χ0) is 19.6. The zero-order valence-corrected chi connectivity index (χ0v) is 17.1. The Hall–Kier alpha value is -2.30. The second kappa shape index (κ2) is 10.8. The molecule has 148 valence electrons. The van der Waals surface area contributed by atoms with Gasteiger partial charge in [0.1, 0.15) is 11.6 Å². The first-order valence-corrected chi connectivity index (χ1v) is 9.78. The van der Waals surface area contributed by atoms with E-state index in [1.54, 1.807) is 21.1 Å². The molecule has 0 saturated heterocycles. The fourth-order valence-corrected chi connectivity index (χ4v) is 3.27. The van der Waals surface area contributed by atoms with E-state index in [0.717, 1.165) is 72.8 Å². The minimum atomic E-state index is 0.296. The van der Waals surface area contributed by atoms with E-state index in [9.17, 15) is 4.79 Å². The number of ketones is 1. The number of ether oxygens (including phenoxy) is 2. The smallest absolute Gasteiger partial charge is 0.161 e. The van der Waals surface area contributed by atoms with Crippen molar-refractivity contribution in [3.8, 4) is 11.5 Å². The van der Waals surface area contributed by atoms with E-state index in [1.165, 1.54) is 12.8 Å². The summed E-state index contributed by atoms with van der Waals surface area (Å²) < 4.78 is 10.7. The van der Waals surface area contributed by atoms with Gasteiger partial charge in [0.15, 0.2) is 11.5 Å². The number of hydrogen-bond donors (Lipinski definition) is 1. The first-order chi connectivity index (χ1) is 13.0. The van der Waals surface area contributed by atoms with Crippen LogP contribution in [0.3, 0.4) is 0 Å². The fraction of sp³-hybridized carbons (Fsp3) is 0.545. The standard InChI is InChI=1S/C22H32N2O3/c1-16(25)10-8-6-5-7-9-11-19-17(2)23-22(24-19)15-18-12-13-20(26-3)21(14-18)27-4/h12-14H,5-11,15H2,1-4H3,(H,23,24). The van der Waals surface area contributed by atoms with Crippen LogP contribution in [0.15, 0.2) is 18.2 Å². The number of carbonyl (C=O) groups is 1. The van der Waals surface area contributed by atoms with Crippen molar-refractivity contribution in [3.63, 3.8) is 0 Å². The monoisotopic (exact) mass is 372 g/mol. The summed E-state index contributed by atoms with van der Waals surface area (Å²) in [6.45, 7) is 3.76. The molecule has 0 amide bonds. The van der Waals surface area contributed by atoms with Crippen molar-refractivity contribution < 1.29 is 14.3 Å². The summed E-state index contributed by atoms with van der Waals surface area (Å²) in [5, 5.41) is 0. The zero-order valence-electron chi connectivity index (χ0n) is 17.1. The molecular formula is C22H32N2O3. The van der Waals surface area contributed by atoms with E-state index < -0.39 is 0 Å². The number of unbranched alkanes of at least 4 members (excludes halogenated alkanes) is 4. The number of imidazole rings is 1. The van der Waals surface area contributed by atoms with Gasteiger partial charge in [-0.25, -0.2) is 4.98 Å². The number of aromatic amines is 1. The molecule has 1 heterocycles. The lowest BCUT2D eigenvalue weighted by molar-refractivity contribution is -0.117. The lowest BCUT2D eigenvalue weighted by Crippen LogP contribution is -1.95. The molecule has 0 bridgehead atoms.